The van der Waals surface area contributed by atoms with Crippen LogP contribution < -0.4 is 4.74 Å². The number of carbonyl (C=O) groups excluding carboxylic acids is 1. The zero-order valence-electron chi connectivity index (χ0n) is 8.86. The molecule has 1 aromatic carbocycles. The van der Waals surface area contributed by atoms with E-state index < -0.39 is 0 Å². The van der Waals surface area contributed by atoms with Crippen LogP contribution in [-0.4, -0.2) is 24.8 Å². The van der Waals surface area contributed by atoms with Gasteiger partial charge in [-0.3, -0.25) is 4.79 Å². The molecular formula is C11H14O3S. The van der Waals surface area contributed by atoms with Crippen molar-refractivity contribution in [3.63, 3.8) is 0 Å². The van der Waals surface area contributed by atoms with Gasteiger partial charge in [-0.1, -0.05) is 18.7 Å². The number of hydrogen-bond acceptors (Lipinski definition) is 4. The minimum Gasteiger partial charge on any atom is -0.468 e. The molecule has 3 nitrogen and oxygen atoms in total. The number of methoxy groups -OCH3 is 1. The van der Waals surface area contributed by atoms with E-state index in [1.807, 2.05) is 6.92 Å². The van der Waals surface area contributed by atoms with E-state index in [1.165, 1.54) is 11.8 Å². The maximum atomic E-state index is 11.5. The second-order valence-electron chi connectivity index (χ2n) is 2.80. The van der Waals surface area contributed by atoms with Crippen LogP contribution in [0.15, 0.2) is 24.3 Å². The molecule has 0 N–H and O–H groups in total. The van der Waals surface area contributed by atoms with E-state index in [9.17, 15) is 4.79 Å². The van der Waals surface area contributed by atoms with E-state index in [-0.39, 0.29) is 11.9 Å². The highest BCUT2D eigenvalue weighted by molar-refractivity contribution is 8.14. The van der Waals surface area contributed by atoms with Gasteiger partial charge in [0.1, 0.15) is 5.75 Å². The molecule has 1 aromatic rings. The van der Waals surface area contributed by atoms with Crippen LogP contribution in [-0.2, 0) is 4.74 Å². The maximum absolute atomic E-state index is 11.5. The average molecular weight is 226 g/mol. The molecule has 0 fully saturated rings. The summed E-state index contributed by atoms with van der Waals surface area (Å²) in [4.78, 5) is 11.5. The van der Waals surface area contributed by atoms with Crippen molar-refractivity contribution in [3.8, 4) is 5.75 Å². The average Bonchev–Trinajstić information content (AvgIpc) is 2.27. The Morgan fingerprint density at radius 2 is 2.00 bits per heavy atom. The zero-order valence-corrected chi connectivity index (χ0v) is 9.67. The van der Waals surface area contributed by atoms with E-state index in [0.717, 1.165) is 5.75 Å². The summed E-state index contributed by atoms with van der Waals surface area (Å²) in [6.45, 7) is 2.18. The fourth-order valence-corrected chi connectivity index (χ4v) is 1.59. The van der Waals surface area contributed by atoms with Crippen LogP contribution in [0.3, 0.4) is 0 Å². The summed E-state index contributed by atoms with van der Waals surface area (Å²) in [5, 5.41) is 0.0933. The summed E-state index contributed by atoms with van der Waals surface area (Å²) in [6.07, 6.45) is 0. The normalized spacial score (nSPS) is 10.0. The Morgan fingerprint density at radius 3 is 2.53 bits per heavy atom. The van der Waals surface area contributed by atoms with Gasteiger partial charge in [0.05, 0.1) is 0 Å². The van der Waals surface area contributed by atoms with Crippen LogP contribution in [0.25, 0.3) is 0 Å². The molecule has 82 valence electrons. The molecule has 0 aliphatic carbocycles. The molecule has 4 heteroatoms. The van der Waals surface area contributed by atoms with E-state index >= 15 is 0 Å². The van der Waals surface area contributed by atoms with Gasteiger partial charge in [0.15, 0.2) is 6.79 Å². The molecule has 0 unspecified atom stereocenters. The molecule has 0 aromatic heterocycles. The lowest BCUT2D eigenvalue weighted by atomic mass is 10.2. The predicted molar refractivity (Wildman–Crippen MR) is 61.4 cm³/mol. The van der Waals surface area contributed by atoms with Crippen molar-refractivity contribution in [2.24, 2.45) is 0 Å². The molecule has 0 aliphatic rings. The molecule has 15 heavy (non-hydrogen) atoms. The Labute approximate surface area is 93.8 Å². The van der Waals surface area contributed by atoms with Crippen LogP contribution in [0.5, 0.6) is 5.75 Å². The standard InChI is InChI=1S/C11H14O3S/c1-3-15-11(12)9-4-6-10(7-5-9)14-8-13-2/h4-7H,3,8H2,1-2H3. The molecule has 0 saturated carbocycles. The van der Waals surface area contributed by atoms with Crippen LogP contribution >= 0.6 is 11.8 Å². The first-order valence-electron chi connectivity index (χ1n) is 4.67. The summed E-state index contributed by atoms with van der Waals surface area (Å²) < 4.78 is 9.98. The van der Waals surface area contributed by atoms with Gasteiger partial charge in [-0.25, -0.2) is 0 Å². The Morgan fingerprint density at radius 1 is 1.33 bits per heavy atom. The van der Waals surface area contributed by atoms with Crippen LogP contribution in [0, 0.1) is 0 Å². The molecule has 0 atom stereocenters. The highest BCUT2D eigenvalue weighted by Gasteiger charge is 2.04. The third-order valence-electron chi connectivity index (χ3n) is 1.71. The summed E-state index contributed by atoms with van der Waals surface area (Å²) in [5.41, 5.74) is 0.701. The Bertz CT molecular complexity index is 308. The van der Waals surface area contributed by atoms with E-state index in [4.69, 9.17) is 9.47 Å². The van der Waals surface area contributed by atoms with Gasteiger partial charge in [-0.05, 0) is 30.0 Å². The fourth-order valence-electron chi connectivity index (χ4n) is 1.03. The van der Waals surface area contributed by atoms with Crippen molar-refractivity contribution in [3.05, 3.63) is 29.8 Å². The SMILES string of the molecule is CCSC(=O)c1ccc(OCOC)cc1. The third-order valence-corrected chi connectivity index (χ3v) is 2.50. The van der Waals surface area contributed by atoms with Crippen molar-refractivity contribution >= 4 is 16.9 Å². The van der Waals surface area contributed by atoms with Crippen molar-refractivity contribution in [2.45, 2.75) is 6.92 Å². The molecule has 1 rings (SSSR count). The summed E-state index contributed by atoms with van der Waals surface area (Å²) in [5.74, 6) is 1.50. The molecule has 0 spiro atoms. The highest BCUT2D eigenvalue weighted by atomic mass is 32.2. The number of hydrogen-bond donors (Lipinski definition) is 0. The lowest BCUT2D eigenvalue weighted by Gasteiger charge is -2.04. The Balaban J connectivity index is 2.59. The molecule has 0 heterocycles. The van der Waals surface area contributed by atoms with Crippen molar-refractivity contribution in [1.82, 2.24) is 0 Å². The topological polar surface area (TPSA) is 35.5 Å². The van der Waals surface area contributed by atoms with Crippen LogP contribution in [0.1, 0.15) is 17.3 Å². The van der Waals surface area contributed by atoms with Gasteiger partial charge in [0, 0.05) is 12.7 Å². The summed E-state index contributed by atoms with van der Waals surface area (Å²) in [7, 11) is 1.57. The second kappa shape index (κ2) is 6.48. The van der Waals surface area contributed by atoms with Gasteiger partial charge >= 0.3 is 0 Å². The largest absolute Gasteiger partial charge is 0.468 e. The minimum atomic E-state index is 0.0933. The van der Waals surface area contributed by atoms with Crippen molar-refractivity contribution in [2.75, 3.05) is 19.7 Å². The monoisotopic (exact) mass is 226 g/mol. The molecule has 0 aliphatic heterocycles. The first-order valence-corrected chi connectivity index (χ1v) is 5.65. The highest BCUT2D eigenvalue weighted by Crippen LogP contribution is 2.16. The number of ether oxygens (including phenoxy) is 2. The maximum Gasteiger partial charge on any atom is 0.219 e. The minimum absolute atomic E-state index is 0.0933. The van der Waals surface area contributed by atoms with Gasteiger partial charge < -0.3 is 9.47 Å². The number of carbonyl (C=O) groups is 1. The lowest BCUT2D eigenvalue weighted by molar-refractivity contribution is 0.0511. The third kappa shape index (κ3) is 3.93. The quantitative estimate of drug-likeness (QED) is 0.723. The lowest BCUT2D eigenvalue weighted by Crippen LogP contribution is -1.99. The van der Waals surface area contributed by atoms with E-state index in [2.05, 4.69) is 0 Å². The van der Waals surface area contributed by atoms with Gasteiger partial charge in [-0.2, -0.15) is 0 Å². The van der Waals surface area contributed by atoms with Crippen molar-refractivity contribution in [1.29, 1.82) is 0 Å². The van der Waals surface area contributed by atoms with Crippen LogP contribution in [0.4, 0.5) is 0 Å². The number of thioether (sulfide) groups is 1. The van der Waals surface area contributed by atoms with Crippen molar-refractivity contribution < 1.29 is 14.3 Å². The Hall–Kier alpha value is -1.00. The summed E-state index contributed by atoms with van der Waals surface area (Å²) in [6, 6.07) is 7.05. The smallest absolute Gasteiger partial charge is 0.219 e. The van der Waals surface area contributed by atoms with Crippen LogP contribution in [0.2, 0.25) is 0 Å². The first-order chi connectivity index (χ1) is 7.27. The molecule has 0 radical (unpaired) electrons. The number of benzene rings is 1. The molecule has 0 bridgehead atoms. The molecule has 0 amide bonds. The first kappa shape index (κ1) is 12.1. The summed E-state index contributed by atoms with van der Waals surface area (Å²) >= 11 is 1.30. The predicted octanol–water partition coefficient (Wildman–Crippen LogP) is 2.56. The fraction of sp³-hybridized carbons (Fsp3) is 0.364. The zero-order chi connectivity index (χ0) is 11.1. The molecule has 0 saturated heterocycles. The van der Waals surface area contributed by atoms with E-state index in [0.29, 0.717) is 11.3 Å². The number of rotatable bonds is 5. The van der Waals surface area contributed by atoms with E-state index in [1.54, 1.807) is 31.4 Å². The molecular weight excluding hydrogens is 212 g/mol. The second-order valence-corrected chi connectivity index (χ2v) is 4.03. The van der Waals surface area contributed by atoms with Gasteiger partial charge in [0.25, 0.3) is 0 Å². The van der Waals surface area contributed by atoms with Gasteiger partial charge in [0.2, 0.25) is 5.12 Å². The Kier molecular flexibility index (Phi) is 5.21. The van der Waals surface area contributed by atoms with Gasteiger partial charge in [-0.15, -0.1) is 0 Å².